The van der Waals surface area contributed by atoms with Gasteiger partial charge in [0.2, 0.25) is 0 Å². The number of carboxylic acids is 4. The molecule has 0 fully saturated rings. The van der Waals surface area contributed by atoms with Crippen LogP contribution in [0.5, 0.6) is 0 Å². The molecule has 0 aliphatic heterocycles. The molecule has 0 radical (unpaired) electrons. The topological polar surface area (TPSA) is 242 Å². The first-order valence-electron chi connectivity index (χ1n) is 13.2. The van der Waals surface area contributed by atoms with E-state index >= 15 is 0 Å². The number of aromatic carboxylic acids is 4. The highest BCUT2D eigenvalue weighted by molar-refractivity contribution is 7.78. The van der Waals surface area contributed by atoms with E-state index in [1.165, 1.54) is 48.5 Å². The number of thiocarbonyl (C=S) groups is 4. The molecule has 0 atom stereocenters. The van der Waals surface area contributed by atoms with Gasteiger partial charge in [0.05, 0.1) is 70.0 Å². The Labute approximate surface area is 318 Å². The first-order chi connectivity index (χ1) is 24.7. The maximum absolute atomic E-state index is 10.6. The van der Waals surface area contributed by atoms with E-state index in [1.54, 1.807) is 24.3 Å². The van der Waals surface area contributed by atoms with E-state index in [4.69, 9.17) is 32.0 Å². The SMILES string of the molecule is O=C(O)c1ccc(N=C=S)cc1.O=C(O)c1ccc(N=C=S)cc1Cl.O=C(O)c1ccc(N=C=S)cc1[N+](=O)[O-].O=C(O)c1cccc(N=C=S)c1. The van der Waals surface area contributed by atoms with Crippen LogP contribution in [0.2, 0.25) is 5.02 Å². The number of rotatable bonds is 9. The maximum atomic E-state index is 10.6. The van der Waals surface area contributed by atoms with Crippen LogP contribution in [0, 0.1) is 10.1 Å². The zero-order valence-corrected chi connectivity index (χ0v) is 29.6. The van der Waals surface area contributed by atoms with E-state index in [1.807, 2.05) is 5.16 Å². The number of nitro benzene ring substituents is 1. The smallest absolute Gasteiger partial charge is 0.342 e. The largest absolute Gasteiger partial charge is 0.478 e. The lowest BCUT2D eigenvalue weighted by Gasteiger charge is -1.97. The Balaban J connectivity index is 0.000000348. The fourth-order valence-corrected chi connectivity index (χ4v) is 3.94. The van der Waals surface area contributed by atoms with Gasteiger partial charge in [0.15, 0.2) is 0 Å². The number of carboxylic acid groups (broad SMARTS) is 4. The first-order valence-corrected chi connectivity index (χ1v) is 15.2. The molecule has 0 spiro atoms. The number of hydrogen-bond donors (Lipinski definition) is 4. The van der Waals surface area contributed by atoms with Crippen molar-refractivity contribution in [2.45, 2.75) is 0 Å². The van der Waals surface area contributed by atoms with Crippen LogP contribution in [0.1, 0.15) is 41.4 Å². The molecule has 0 aliphatic carbocycles. The van der Waals surface area contributed by atoms with Crippen molar-refractivity contribution in [1.29, 1.82) is 0 Å². The van der Waals surface area contributed by atoms with E-state index in [2.05, 4.69) is 84.3 Å². The van der Waals surface area contributed by atoms with Crippen LogP contribution < -0.4 is 0 Å². The number of aliphatic imine (C=N–C) groups is 4. The number of isothiocyanates is 4. The number of nitro groups is 1. The van der Waals surface area contributed by atoms with Crippen LogP contribution >= 0.6 is 60.5 Å². The van der Waals surface area contributed by atoms with Crippen LogP contribution in [0.4, 0.5) is 28.4 Å². The summed E-state index contributed by atoms with van der Waals surface area (Å²) >= 11 is 23.1. The van der Waals surface area contributed by atoms with Gasteiger partial charge >= 0.3 is 23.9 Å². The predicted octanol–water partition coefficient (Wildman–Crippen LogP) is 9.04. The lowest BCUT2D eigenvalue weighted by molar-refractivity contribution is -0.385. The molecule has 0 heterocycles. The Morgan fingerprint density at radius 3 is 1.40 bits per heavy atom. The van der Waals surface area contributed by atoms with Crippen molar-refractivity contribution in [3.05, 3.63) is 122 Å². The van der Waals surface area contributed by atoms with Crippen molar-refractivity contribution in [3.8, 4) is 0 Å². The van der Waals surface area contributed by atoms with Crippen molar-refractivity contribution >= 4 is 133 Å². The fraction of sp³-hybridized carbons (Fsp3) is 0. The molecule has 15 nitrogen and oxygen atoms in total. The third-order valence-electron chi connectivity index (χ3n) is 5.50. The number of hydrogen-bond acceptors (Lipinski definition) is 14. The molecule has 0 amide bonds. The average Bonchev–Trinajstić information content (AvgIpc) is 3.10. The molecule has 0 saturated heterocycles. The Kier molecular flexibility index (Phi) is 19.4. The Morgan fingerprint density at radius 2 is 0.981 bits per heavy atom. The predicted molar refractivity (Wildman–Crippen MR) is 204 cm³/mol. The van der Waals surface area contributed by atoms with E-state index in [9.17, 15) is 29.3 Å². The number of benzene rings is 4. The number of carbonyl (C=O) groups is 4. The Morgan fingerprint density at radius 1 is 0.558 bits per heavy atom. The summed E-state index contributed by atoms with van der Waals surface area (Å²) in [7, 11) is 0. The third-order valence-corrected chi connectivity index (χ3v) is 6.18. The molecule has 20 heteroatoms. The number of halogens is 1. The van der Waals surface area contributed by atoms with Gasteiger partial charge in [-0.25, -0.2) is 19.2 Å². The molecule has 0 saturated carbocycles. The maximum Gasteiger partial charge on any atom is 0.342 e. The summed E-state index contributed by atoms with van der Waals surface area (Å²) in [5.41, 5.74) is 1.37. The van der Waals surface area contributed by atoms with E-state index in [0.717, 1.165) is 12.1 Å². The molecule has 4 aromatic carbocycles. The summed E-state index contributed by atoms with van der Waals surface area (Å²) in [5.74, 6) is -4.35. The van der Waals surface area contributed by atoms with Crippen molar-refractivity contribution in [3.63, 3.8) is 0 Å². The van der Waals surface area contributed by atoms with Gasteiger partial charge in [0.1, 0.15) is 5.56 Å². The van der Waals surface area contributed by atoms with Gasteiger partial charge in [-0.2, -0.15) is 20.0 Å². The van der Waals surface area contributed by atoms with Gasteiger partial charge < -0.3 is 20.4 Å². The third kappa shape index (κ3) is 15.5. The fourth-order valence-electron chi connectivity index (χ4n) is 3.27. The van der Waals surface area contributed by atoms with Gasteiger partial charge in [0.25, 0.3) is 5.69 Å². The normalized spacial score (nSPS) is 8.87. The summed E-state index contributed by atoms with van der Waals surface area (Å²) in [6.45, 7) is 0. The molecule has 52 heavy (non-hydrogen) atoms. The molecule has 0 unspecified atom stereocenters. The molecular weight excluding hydrogens is 778 g/mol. The minimum absolute atomic E-state index is 0.0463. The molecule has 4 N–H and O–H groups in total. The van der Waals surface area contributed by atoms with Crippen molar-refractivity contribution in [1.82, 2.24) is 0 Å². The number of nitrogens with zero attached hydrogens (tertiary/aromatic N) is 5. The Bertz CT molecular complexity index is 2160. The van der Waals surface area contributed by atoms with Crippen LogP contribution in [0.15, 0.2) is 105 Å². The van der Waals surface area contributed by atoms with Crippen LogP contribution in [-0.2, 0) is 0 Å². The van der Waals surface area contributed by atoms with Gasteiger partial charge in [-0.15, -0.1) is 0 Å². The highest BCUT2D eigenvalue weighted by Gasteiger charge is 2.19. The zero-order valence-electron chi connectivity index (χ0n) is 25.6. The minimum atomic E-state index is -1.36. The molecule has 4 aromatic rings. The van der Waals surface area contributed by atoms with Crippen LogP contribution in [-0.4, -0.2) is 69.9 Å². The minimum Gasteiger partial charge on any atom is -0.478 e. The lowest BCUT2D eigenvalue weighted by atomic mass is 10.1. The summed E-state index contributed by atoms with van der Waals surface area (Å²) in [5, 5.41) is 53.7. The highest BCUT2D eigenvalue weighted by atomic mass is 35.5. The van der Waals surface area contributed by atoms with Crippen molar-refractivity contribution in [2.75, 3.05) is 0 Å². The molecular formula is C32H18ClN5O10S4. The van der Waals surface area contributed by atoms with Gasteiger partial charge in [-0.3, -0.25) is 10.1 Å². The standard InChI is InChI=1S/C8H4ClNO2S.C8H4N2O4S.2C8H5NO2S/c9-7-3-5(10-4-13)1-2-6(7)8(11)12;11-8(12)6-2-1-5(9-4-15)3-7(6)10(13)14;10-8(11)6-1-3-7(4-2-6)9-5-12;10-8(11)6-2-1-3-7(4-6)9-5-12/h1-3H,(H,11,12);1-3H,(H,11,12);2*1-4H,(H,10,11). The first kappa shape index (κ1) is 43.7. The van der Waals surface area contributed by atoms with Crippen LogP contribution in [0.25, 0.3) is 0 Å². The van der Waals surface area contributed by atoms with Gasteiger partial charge in [-0.05, 0) is 122 Å². The summed E-state index contributed by atoms with van der Waals surface area (Å²) in [4.78, 5) is 66.3. The average molecular weight is 796 g/mol. The summed E-state index contributed by atoms with van der Waals surface area (Å²) < 4.78 is 0. The monoisotopic (exact) mass is 795 g/mol. The quantitative estimate of drug-likeness (QED) is 0.0535. The highest BCUT2D eigenvalue weighted by Crippen LogP contribution is 2.25. The summed E-state index contributed by atoms with van der Waals surface area (Å²) in [6, 6.07) is 20.0. The van der Waals surface area contributed by atoms with Gasteiger partial charge in [-0.1, -0.05) is 17.7 Å². The van der Waals surface area contributed by atoms with Gasteiger partial charge in [0, 0.05) is 6.07 Å². The molecule has 4 rings (SSSR count). The van der Waals surface area contributed by atoms with Crippen molar-refractivity contribution in [2.24, 2.45) is 20.0 Å². The molecule has 0 bridgehead atoms. The summed E-state index contributed by atoms with van der Waals surface area (Å²) in [6.07, 6.45) is 0. The molecule has 0 aromatic heterocycles. The zero-order chi connectivity index (χ0) is 39.2. The lowest BCUT2D eigenvalue weighted by Crippen LogP contribution is -2.01. The van der Waals surface area contributed by atoms with Crippen LogP contribution in [0.3, 0.4) is 0 Å². The van der Waals surface area contributed by atoms with E-state index in [0.29, 0.717) is 17.1 Å². The second-order valence-electron chi connectivity index (χ2n) is 8.75. The molecule has 262 valence electrons. The Hall–Kier alpha value is -6.35. The van der Waals surface area contributed by atoms with E-state index < -0.39 is 34.5 Å². The second kappa shape index (κ2) is 23.1. The molecule has 0 aliphatic rings. The second-order valence-corrected chi connectivity index (χ2v) is 9.89. The van der Waals surface area contributed by atoms with E-state index in [-0.39, 0.29) is 33.0 Å². The van der Waals surface area contributed by atoms with Crippen molar-refractivity contribution < 1.29 is 44.5 Å².